The van der Waals surface area contributed by atoms with Crippen molar-refractivity contribution in [3.63, 3.8) is 0 Å². The average Bonchev–Trinajstić information content (AvgIpc) is 2.39. The highest BCUT2D eigenvalue weighted by molar-refractivity contribution is 6.42. The Kier molecular flexibility index (Phi) is 6.58. The van der Waals surface area contributed by atoms with E-state index in [9.17, 15) is 4.79 Å². The first-order valence-electron chi connectivity index (χ1n) is 5.73. The monoisotopic (exact) mass is 305 g/mol. The minimum atomic E-state index is -0.471. The lowest BCUT2D eigenvalue weighted by molar-refractivity contribution is -0.144. The van der Waals surface area contributed by atoms with Crippen molar-refractivity contribution in [3.05, 3.63) is 33.8 Å². The van der Waals surface area contributed by atoms with Crippen LogP contribution in [0.15, 0.2) is 18.2 Å². The van der Waals surface area contributed by atoms with Gasteiger partial charge in [-0.2, -0.15) is 0 Å². The van der Waals surface area contributed by atoms with Gasteiger partial charge in [-0.25, -0.2) is 0 Å². The Labute approximate surface area is 123 Å². The van der Waals surface area contributed by atoms with Crippen molar-refractivity contribution in [1.82, 2.24) is 4.90 Å². The molecule has 0 bridgehead atoms. The van der Waals surface area contributed by atoms with Crippen LogP contribution in [0.4, 0.5) is 0 Å². The predicted octanol–water partition coefficient (Wildman–Crippen LogP) is 2.96. The van der Waals surface area contributed by atoms with Crippen molar-refractivity contribution in [3.8, 4) is 0 Å². The molecule has 0 aliphatic rings. The number of halogens is 2. The van der Waals surface area contributed by atoms with Crippen LogP contribution in [-0.4, -0.2) is 37.9 Å². The first kappa shape index (κ1) is 16.2. The van der Waals surface area contributed by atoms with E-state index in [1.54, 1.807) is 17.0 Å². The second-order valence-corrected chi connectivity index (χ2v) is 4.80. The van der Waals surface area contributed by atoms with Crippen LogP contribution in [0, 0.1) is 0 Å². The molecule has 0 aliphatic heterocycles. The summed E-state index contributed by atoms with van der Waals surface area (Å²) >= 11 is 12.1. The largest absolute Gasteiger partial charge is 0.354 e. The number of hydrogen-bond acceptors (Lipinski definition) is 3. The first-order chi connectivity index (χ1) is 8.99. The standard InChI is InChI=1S/C13H17Cl2NO3/c1-9(17)16(8-12(18-2)19-3)7-10-5-4-6-11(14)13(10)15/h4-6,12H,7-8H2,1-3H3. The van der Waals surface area contributed by atoms with Crippen LogP contribution in [-0.2, 0) is 20.8 Å². The number of ether oxygens (including phenoxy) is 2. The smallest absolute Gasteiger partial charge is 0.219 e. The molecule has 1 aromatic rings. The number of carbonyl (C=O) groups excluding carboxylic acids is 1. The Balaban J connectivity index is 2.84. The summed E-state index contributed by atoms with van der Waals surface area (Å²) in [5.41, 5.74) is 0.787. The number of hydrogen-bond donors (Lipinski definition) is 0. The van der Waals surface area contributed by atoms with E-state index in [1.165, 1.54) is 21.1 Å². The van der Waals surface area contributed by atoms with Gasteiger partial charge in [-0.05, 0) is 11.6 Å². The quantitative estimate of drug-likeness (QED) is 0.759. The third-order valence-electron chi connectivity index (χ3n) is 2.73. The third-order valence-corrected chi connectivity index (χ3v) is 3.59. The van der Waals surface area contributed by atoms with Crippen LogP contribution in [0.5, 0.6) is 0 Å². The lowest BCUT2D eigenvalue weighted by Crippen LogP contribution is -2.37. The van der Waals surface area contributed by atoms with E-state index < -0.39 is 6.29 Å². The maximum Gasteiger partial charge on any atom is 0.219 e. The van der Waals surface area contributed by atoms with Crippen LogP contribution in [0.25, 0.3) is 0 Å². The number of carbonyl (C=O) groups is 1. The fraction of sp³-hybridized carbons (Fsp3) is 0.462. The Morgan fingerprint density at radius 1 is 1.32 bits per heavy atom. The van der Waals surface area contributed by atoms with Gasteiger partial charge in [0.2, 0.25) is 5.91 Å². The number of methoxy groups -OCH3 is 2. The van der Waals surface area contributed by atoms with Gasteiger partial charge < -0.3 is 14.4 Å². The fourth-order valence-corrected chi connectivity index (χ4v) is 1.99. The van der Waals surface area contributed by atoms with Gasteiger partial charge in [0.15, 0.2) is 6.29 Å². The maximum absolute atomic E-state index is 11.7. The molecule has 0 spiro atoms. The molecule has 0 heterocycles. The normalized spacial score (nSPS) is 10.8. The molecule has 19 heavy (non-hydrogen) atoms. The lowest BCUT2D eigenvalue weighted by Gasteiger charge is -2.25. The van der Waals surface area contributed by atoms with Crippen molar-refractivity contribution >= 4 is 29.1 Å². The Morgan fingerprint density at radius 3 is 2.47 bits per heavy atom. The molecule has 0 saturated carbocycles. The van der Waals surface area contributed by atoms with Gasteiger partial charge >= 0.3 is 0 Å². The van der Waals surface area contributed by atoms with Gasteiger partial charge in [0.25, 0.3) is 0 Å². The van der Waals surface area contributed by atoms with Crippen molar-refractivity contribution in [1.29, 1.82) is 0 Å². The molecular weight excluding hydrogens is 289 g/mol. The van der Waals surface area contributed by atoms with Gasteiger partial charge in [-0.15, -0.1) is 0 Å². The molecule has 1 rings (SSSR count). The number of benzene rings is 1. The van der Waals surface area contributed by atoms with E-state index in [2.05, 4.69) is 0 Å². The SMILES string of the molecule is COC(CN(Cc1cccc(Cl)c1Cl)C(C)=O)OC. The zero-order valence-corrected chi connectivity index (χ0v) is 12.7. The molecule has 0 saturated heterocycles. The van der Waals surface area contributed by atoms with Crippen molar-refractivity contribution < 1.29 is 14.3 Å². The van der Waals surface area contributed by atoms with Crippen LogP contribution in [0.2, 0.25) is 10.0 Å². The zero-order valence-electron chi connectivity index (χ0n) is 11.2. The molecule has 106 valence electrons. The second-order valence-electron chi connectivity index (χ2n) is 4.01. The molecule has 0 radical (unpaired) electrons. The van der Waals surface area contributed by atoms with Crippen LogP contribution in [0.1, 0.15) is 12.5 Å². The first-order valence-corrected chi connectivity index (χ1v) is 6.49. The highest BCUT2D eigenvalue weighted by atomic mass is 35.5. The Bertz CT molecular complexity index is 436. The van der Waals surface area contributed by atoms with E-state index in [1.807, 2.05) is 6.07 Å². The van der Waals surface area contributed by atoms with E-state index in [0.717, 1.165) is 5.56 Å². The van der Waals surface area contributed by atoms with E-state index in [4.69, 9.17) is 32.7 Å². The molecule has 6 heteroatoms. The highest BCUT2D eigenvalue weighted by Crippen LogP contribution is 2.26. The molecule has 1 amide bonds. The summed E-state index contributed by atoms with van der Waals surface area (Å²) in [7, 11) is 3.05. The molecule has 0 unspecified atom stereocenters. The van der Waals surface area contributed by atoms with Crippen molar-refractivity contribution in [2.24, 2.45) is 0 Å². The summed E-state index contributed by atoms with van der Waals surface area (Å²) in [6.07, 6.45) is -0.471. The number of nitrogens with zero attached hydrogens (tertiary/aromatic N) is 1. The van der Waals surface area contributed by atoms with Crippen LogP contribution in [0.3, 0.4) is 0 Å². The summed E-state index contributed by atoms with van der Waals surface area (Å²) in [6.45, 7) is 2.17. The third kappa shape index (κ3) is 4.66. The summed E-state index contributed by atoms with van der Waals surface area (Å²) in [6, 6.07) is 5.34. The van der Waals surface area contributed by atoms with Gasteiger partial charge in [0.1, 0.15) is 0 Å². The fourth-order valence-electron chi connectivity index (χ4n) is 1.61. The Morgan fingerprint density at radius 2 is 1.95 bits per heavy atom. The topological polar surface area (TPSA) is 38.8 Å². The van der Waals surface area contributed by atoms with E-state index in [-0.39, 0.29) is 5.91 Å². The lowest BCUT2D eigenvalue weighted by atomic mass is 10.2. The number of amides is 1. The maximum atomic E-state index is 11.7. The van der Waals surface area contributed by atoms with Gasteiger partial charge in [-0.3, -0.25) is 4.79 Å². The summed E-state index contributed by atoms with van der Waals surface area (Å²) in [5, 5.41) is 0.930. The number of rotatable bonds is 6. The highest BCUT2D eigenvalue weighted by Gasteiger charge is 2.17. The van der Waals surface area contributed by atoms with Gasteiger partial charge in [0, 0.05) is 27.7 Å². The molecule has 0 fully saturated rings. The molecule has 0 aliphatic carbocycles. The molecular formula is C13H17Cl2NO3. The summed E-state index contributed by atoms with van der Waals surface area (Å²) in [4.78, 5) is 13.2. The van der Waals surface area contributed by atoms with Crippen molar-refractivity contribution in [2.75, 3.05) is 20.8 Å². The Hall–Kier alpha value is -0.810. The average molecular weight is 306 g/mol. The summed E-state index contributed by atoms with van der Waals surface area (Å²) in [5.74, 6) is -0.0878. The molecule has 1 aromatic carbocycles. The van der Waals surface area contributed by atoms with Gasteiger partial charge in [0.05, 0.1) is 16.6 Å². The zero-order chi connectivity index (χ0) is 14.4. The van der Waals surface area contributed by atoms with E-state index in [0.29, 0.717) is 23.1 Å². The van der Waals surface area contributed by atoms with Crippen LogP contribution < -0.4 is 0 Å². The van der Waals surface area contributed by atoms with Gasteiger partial charge in [-0.1, -0.05) is 35.3 Å². The second kappa shape index (κ2) is 7.70. The van der Waals surface area contributed by atoms with Crippen molar-refractivity contribution in [2.45, 2.75) is 19.8 Å². The molecule has 0 aromatic heterocycles. The predicted molar refractivity (Wildman–Crippen MR) is 75.4 cm³/mol. The van der Waals surface area contributed by atoms with Crippen LogP contribution >= 0.6 is 23.2 Å². The molecule has 0 atom stereocenters. The molecule has 0 N–H and O–H groups in total. The summed E-state index contributed by atoms with van der Waals surface area (Å²) < 4.78 is 10.2. The van der Waals surface area contributed by atoms with E-state index >= 15 is 0 Å². The minimum absolute atomic E-state index is 0.0878. The molecule has 4 nitrogen and oxygen atoms in total. The minimum Gasteiger partial charge on any atom is -0.354 e.